The number of aliphatic carboxylic acids is 1. The average molecular weight is 262 g/mol. The molecule has 1 atom stereocenters. The Morgan fingerprint density at radius 3 is 2.50 bits per heavy atom. The van der Waals surface area contributed by atoms with Gasteiger partial charge in [-0.15, -0.1) is 11.3 Å². The van der Waals surface area contributed by atoms with Crippen LogP contribution in [0.4, 0.5) is 5.69 Å². The molecule has 0 fully saturated rings. The number of anilines is 1. The number of nitrogens with zero attached hydrogens (tertiary/aromatic N) is 1. The van der Waals surface area contributed by atoms with Gasteiger partial charge in [-0.2, -0.15) is 0 Å². The Kier molecular flexibility index (Phi) is 3.62. The Morgan fingerprint density at radius 1 is 1.33 bits per heavy atom. The van der Waals surface area contributed by atoms with E-state index in [1.807, 2.05) is 38.1 Å². The van der Waals surface area contributed by atoms with Crippen molar-refractivity contribution < 1.29 is 9.90 Å². The Hall–Kier alpha value is -1.88. The highest BCUT2D eigenvalue weighted by Gasteiger charge is 2.23. The quantitative estimate of drug-likeness (QED) is 0.889. The van der Waals surface area contributed by atoms with E-state index in [4.69, 9.17) is 0 Å². The lowest BCUT2D eigenvalue weighted by atomic mass is 10.1. The number of aryl methyl sites for hydroxylation is 2. The molecule has 0 aliphatic carbocycles. The normalized spacial score (nSPS) is 12.1. The van der Waals surface area contributed by atoms with Crippen LogP contribution in [-0.4, -0.2) is 16.1 Å². The first-order valence-corrected chi connectivity index (χ1v) is 6.42. The first kappa shape index (κ1) is 12.6. The second kappa shape index (κ2) is 5.18. The third-order valence-corrected chi connectivity index (χ3v) is 3.65. The second-order valence-corrected chi connectivity index (χ2v) is 4.97. The molecule has 0 bridgehead atoms. The minimum atomic E-state index is -0.900. The van der Waals surface area contributed by atoms with E-state index in [0.717, 1.165) is 21.8 Å². The van der Waals surface area contributed by atoms with Gasteiger partial charge in [0.15, 0.2) is 6.04 Å². The third kappa shape index (κ3) is 2.68. The molecular weight excluding hydrogens is 248 g/mol. The van der Waals surface area contributed by atoms with Crippen LogP contribution < -0.4 is 5.32 Å². The van der Waals surface area contributed by atoms with Gasteiger partial charge in [-0.3, -0.25) is 0 Å². The topological polar surface area (TPSA) is 62.2 Å². The third-order valence-electron chi connectivity index (χ3n) is 2.65. The van der Waals surface area contributed by atoms with Crippen LogP contribution in [0.5, 0.6) is 0 Å². The molecule has 2 N–H and O–H groups in total. The van der Waals surface area contributed by atoms with E-state index in [9.17, 15) is 9.90 Å². The van der Waals surface area contributed by atoms with Crippen LogP contribution in [0.3, 0.4) is 0 Å². The zero-order valence-electron chi connectivity index (χ0n) is 10.2. The summed E-state index contributed by atoms with van der Waals surface area (Å²) < 4.78 is 0. The van der Waals surface area contributed by atoms with Gasteiger partial charge in [-0.25, -0.2) is 9.78 Å². The van der Waals surface area contributed by atoms with Gasteiger partial charge >= 0.3 is 5.97 Å². The van der Waals surface area contributed by atoms with E-state index < -0.39 is 12.0 Å². The van der Waals surface area contributed by atoms with Crippen molar-refractivity contribution in [3.8, 4) is 0 Å². The lowest BCUT2D eigenvalue weighted by Gasteiger charge is -2.15. The smallest absolute Gasteiger partial charge is 0.331 e. The maximum atomic E-state index is 11.3. The van der Waals surface area contributed by atoms with Crippen LogP contribution in [0.1, 0.15) is 22.2 Å². The van der Waals surface area contributed by atoms with Crippen molar-refractivity contribution in [2.75, 3.05) is 5.32 Å². The average Bonchev–Trinajstić information content (AvgIpc) is 2.74. The van der Waals surface area contributed by atoms with Gasteiger partial charge < -0.3 is 10.4 Å². The number of hydrogen-bond donors (Lipinski definition) is 2. The zero-order valence-corrected chi connectivity index (χ0v) is 11.0. The van der Waals surface area contributed by atoms with Crippen molar-refractivity contribution in [1.29, 1.82) is 0 Å². The van der Waals surface area contributed by atoms with Crippen molar-refractivity contribution >= 4 is 23.0 Å². The lowest BCUT2D eigenvalue weighted by Crippen LogP contribution is -2.20. The predicted molar refractivity (Wildman–Crippen MR) is 72.0 cm³/mol. The summed E-state index contributed by atoms with van der Waals surface area (Å²) in [6.07, 6.45) is 0. The maximum absolute atomic E-state index is 11.3. The standard InChI is InChI=1S/C13H14N2O2S/c1-8-3-5-10(6-4-8)15-11(13(16)17)12-9(2)14-7-18-12/h3-7,11,15H,1-2H3,(H,16,17). The number of thiazole rings is 1. The summed E-state index contributed by atoms with van der Waals surface area (Å²) in [5.41, 5.74) is 4.35. The van der Waals surface area contributed by atoms with Gasteiger partial charge in [0.05, 0.1) is 16.1 Å². The van der Waals surface area contributed by atoms with E-state index in [1.165, 1.54) is 11.3 Å². The number of benzene rings is 1. The first-order chi connectivity index (χ1) is 8.58. The van der Waals surface area contributed by atoms with Crippen molar-refractivity contribution in [2.45, 2.75) is 19.9 Å². The highest BCUT2D eigenvalue weighted by atomic mass is 32.1. The van der Waals surface area contributed by atoms with Crippen LogP contribution in [0.2, 0.25) is 0 Å². The van der Waals surface area contributed by atoms with Gasteiger partial charge in [0.25, 0.3) is 0 Å². The van der Waals surface area contributed by atoms with Crippen molar-refractivity contribution in [3.05, 3.63) is 45.9 Å². The molecule has 0 aliphatic rings. The fourth-order valence-electron chi connectivity index (χ4n) is 1.64. The summed E-state index contributed by atoms with van der Waals surface area (Å²) in [4.78, 5) is 16.2. The van der Waals surface area contributed by atoms with E-state index in [1.54, 1.807) is 5.51 Å². The Morgan fingerprint density at radius 2 is 2.00 bits per heavy atom. The Bertz CT molecular complexity index is 548. The summed E-state index contributed by atoms with van der Waals surface area (Å²) in [7, 11) is 0. The van der Waals surface area contributed by atoms with Gasteiger partial charge in [-0.1, -0.05) is 17.7 Å². The highest BCUT2D eigenvalue weighted by molar-refractivity contribution is 7.10. The summed E-state index contributed by atoms with van der Waals surface area (Å²) in [6, 6.07) is 6.89. The highest BCUT2D eigenvalue weighted by Crippen LogP contribution is 2.26. The summed E-state index contributed by atoms with van der Waals surface area (Å²) >= 11 is 1.35. The molecular formula is C13H14N2O2S. The molecule has 0 amide bonds. The van der Waals surface area contributed by atoms with Gasteiger partial charge in [0.2, 0.25) is 0 Å². The van der Waals surface area contributed by atoms with Crippen LogP contribution in [0, 0.1) is 13.8 Å². The SMILES string of the molecule is Cc1ccc(NC(C(=O)O)c2scnc2C)cc1. The van der Waals surface area contributed by atoms with E-state index in [-0.39, 0.29) is 0 Å². The molecule has 4 nitrogen and oxygen atoms in total. The molecule has 0 spiro atoms. The number of carboxylic acid groups (broad SMARTS) is 1. The molecule has 94 valence electrons. The van der Waals surface area contributed by atoms with Crippen molar-refractivity contribution in [2.24, 2.45) is 0 Å². The van der Waals surface area contributed by atoms with E-state index in [0.29, 0.717) is 0 Å². The predicted octanol–water partition coefficient (Wildman–Crippen LogP) is 3.00. The number of carboxylic acids is 1. The van der Waals surface area contributed by atoms with E-state index >= 15 is 0 Å². The van der Waals surface area contributed by atoms with Crippen LogP contribution in [0.25, 0.3) is 0 Å². The number of carbonyl (C=O) groups is 1. The van der Waals surface area contributed by atoms with E-state index in [2.05, 4.69) is 10.3 Å². The summed E-state index contributed by atoms with van der Waals surface area (Å²) in [5.74, 6) is -0.900. The number of nitrogens with one attached hydrogen (secondary N) is 1. The largest absolute Gasteiger partial charge is 0.479 e. The second-order valence-electron chi connectivity index (χ2n) is 4.08. The van der Waals surface area contributed by atoms with Crippen molar-refractivity contribution in [3.63, 3.8) is 0 Å². The Labute approximate surface area is 109 Å². The van der Waals surface area contributed by atoms with Crippen molar-refractivity contribution in [1.82, 2.24) is 4.98 Å². The molecule has 2 rings (SSSR count). The Balaban J connectivity index is 2.25. The number of rotatable bonds is 4. The monoisotopic (exact) mass is 262 g/mol. The van der Waals surface area contributed by atoms with Crippen LogP contribution in [-0.2, 0) is 4.79 Å². The van der Waals surface area contributed by atoms with Crippen LogP contribution >= 0.6 is 11.3 Å². The molecule has 0 aliphatic heterocycles. The molecule has 1 unspecified atom stereocenters. The summed E-state index contributed by atoms with van der Waals surface area (Å²) in [6.45, 7) is 3.81. The van der Waals surface area contributed by atoms with Gasteiger partial charge in [-0.05, 0) is 26.0 Å². The minimum Gasteiger partial charge on any atom is -0.479 e. The molecule has 1 aromatic carbocycles. The molecule has 1 heterocycles. The maximum Gasteiger partial charge on any atom is 0.331 e. The number of aromatic nitrogens is 1. The van der Waals surface area contributed by atoms with Gasteiger partial charge in [0.1, 0.15) is 0 Å². The number of hydrogen-bond acceptors (Lipinski definition) is 4. The molecule has 18 heavy (non-hydrogen) atoms. The van der Waals surface area contributed by atoms with Crippen LogP contribution in [0.15, 0.2) is 29.8 Å². The molecule has 5 heteroatoms. The van der Waals surface area contributed by atoms with Gasteiger partial charge in [0, 0.05) is 5.69 Å². The lowest BCUT2D eigenvalue weighted by molar-refractivity contribution is -0.138. The zero-order chi connectivity index (χ0) is 13.1. The molecule has 0 radical (unpaired) electrons. The molecule has 1 aromatic heterocycles. The molecule has 0 saturated carbocycles. The molecule has 0 saturated heterocycles. The minimum absolute atomic E-state index is 0.739. The first-order valence-electron chi connectivity index (χ1n) is 5.54. The molecule has 2 aromatic rings. The summed E-state index contributed by atoms with van der Waals surface area (Å²) in [5, 5.41) is 12.3. The fraction of sp³-hybridized carbons (Fsp3) is 0.231. The fourth-order valence-corrected chi connectivity index (χ4v) is 2.49.